The van der Waals surface area contributed by atoms with Gasteiger partial charge in [-0.15, -0.1) is 0 Å². The lowest BCUT2D eigenvalue weighted by atomic mass is 9.96. The van der Waals surface area contributed by atoms with Crippen LogP contribution in [0.5, 0.6) is 0 Å². The van der Waals surface area contributed by atoms with E-state index in [0.29, 0.717) is 0 Å². The highest BCUT2D eigenvalue weighted by Gasteiger charge is 2.28. The normalized spacial score (nSPS) is 23.8. The van der Waals surface area contributed by atoms with Crippen molar-refractivity contribution in [2.75, 3.05) is 0 Å². The van der Waals surface area contributed by atoms with E-state index in [1.54, 1.807) is 12.1 Å². The summed E-state index contributed by atoms with van der Waals surface area (Å²) in [5, 5.41) is 8.99. The summed E-state index contributed by atoms with van der Waals surface area (Å²) < 4.78 is 27.4. The minimum Gasteiger partial charge on any atom is -0.207 e. The smallest absolute Gasteiger partial charge is 0.207 e. The maximum absolute atomic E-state index is 12.3. The molecule has 1 aromatic carbocycles. The fourth-order valence-corrected chi connectivity index (χ4v) is 4.64. The van der Waals surface area contributed by atoms with E-state index in [1.807, 2.05) is 6.07 Å². The third-order valence-electron chi connectivity index (χ3n) is 3.29. The molecule has 0 radical (unpaired) electrons. The van der Waals surface area contributed by atoms with Crippen molar-refractivity contribution in [1.82, 2.24) is 4.72 Å². The van der Waals surface area contributed by atoms with Gasteiger partial charge in [0.1, 0.15) is 6.07 Å². The molecule has 1 aliphatic carbocycles. The molecule has 102 valence electrons. The van der Waals surface area contributed by atoms with E-state index in [4.69, 9.17) is 5.26 Å². The van der Waals surface area contributed by atoms with Gasteiger partial charge < -0.3 is 0 Å². The fourth-order valence-electron chi connectivity index (χ4n) is 2.27. The van der Waals surface area contributed by atoms with Crippen LogP contribution in [0.3, 0.4) is 0 Å². The van der Waals surface area contributed by atoms with Gasteiger partial charge in [-0.1, -0.05) is 40.9 Å². The Morgan fingerprint density at radius 2 is 1.95 bits per heavy atom. The van der Waals surface area contributed by atoms with Crippen molar-refractivity contribution < 1.29 is 8.42 Å². The predicted octanol–water partition coefficient (Wildman–Crippen LogP) is 2.54. The molecule has 1 N–H and O–H groups in total. The Kier molecular flexibility index (Phi) is 4.61. The summed E-state index contributed by atoms with van der Waals surface area (Å²) in [6.45, 7) is 0. The molecule has 2 atom stereocenters. The summed E-state index contributed by atoms with van der Waals surface area (Å²) in [5.74, 6) is 0. The van der Waals surface area contributed by atoms with E-state index < -0.39 is 10.0 Å². The fraction of sp³-hybridized carbons (Fsp3) is 0.462. The molecular formula is C13H15BrN2O2S. The Bertz CT molecular complexity index is 595. The zero-order chi connectivity index (χ0) is 13.9. The first kappa shape index (κ1) is 14.5. The van der Waals surface area contributed by atoms with Crippen molar-refractivity contribution in [3.05, 3.63) is 29.8 Å². The third kappa shape index (κ3) is 3.35. The molecule has 19 heavy (non-hydrogen) atoms. The van der Waals surface area contributed by atoms with Crippen LogP contribution in [-0.4, -0.2) is 19.3 Å². The van der Waals surface area contributed by atoms with Gasteiger partial charge in [0.2, 0.25) is 10.0 Å². The molecule has 1 aliphatic rings. The zero-order valence-electron chi connectivity index (χ0n) is 10.3. The minimum absolute atomic E-state index is 0.0581. The first-order valence-electron chi connectivity index (χ1n) is 6.20. The van der Waals surface area contributed by atoms with Crippen LogP contribution in [0, 0.1) is 11.3 Å². The van der Waals surface area contributed by atoms with Crippen LogP contribution in [-0.2, 0) is 10.0 Å². The van der Waals surface area contributed by atoms with Crippen LogP contribution in [0.25, 0.3) is 0 Å². The summed E-state index contributed by atoms with van der Waals surface area (Å²) >= 11 is 3.52. The van der Waals surface area contributed by atoms with Gasteiger partial charge >= 0.3 is 0 Å². The quantitative estimate of drug-likeness (QED) is 0.858. The van der Waals surface area contributed by atoms with E-state index in [1.165, 1.54) is 12.1 Å². The number of nitrogens with one attached hydrogen (secondary N) is 1. The van der Waals surface area contributed by atoms with Crippen molar-refractivity contribution >= 4 is 26.0 Å². The molecular weight excluding hydrogens is 328 g/mol. The van der Waals surface area contributed by atoms with Crippen LogP contribution in [0.4, 0.5) is 0 Å². The second kappa shape index (κ2) is 6.04. The summed E-state index contributed by atoms with van der Waals surface area (Å²) in [4.78, 5) is 0.216. The lowest BCUT2D eigenvalue weighted by molar-refractivity contribution is 0.427. The maximum atomic E-state index is 12.3. The van der Waals surface area contributed by atoms with Gasteiger partial charge in [-0.25, -0.2) is 13.1 Å². The van der Waals surface area contributed by atoms with Crippen molar-refractivity contribution in [1.29, 1.82) is 5.26 Å². The largest absolute Gasteiger partial charge is 0.242 e. The molecule has 0 aromatic heterocycles. The Hall–Kier alpha value is -0.900. The van der Waals surface area contributed by atoms with Gasteiger partial charge in [0.05, 0.1) is 10.5 Å². The van der Waals surface area contributed by atoms with Gasteiger partial charge in [-0.3, -0.25) is 0 Å². The van der Waals surface area contributed by atoms with Crippen molar-refractivity contribution in [3.8, 4) is 6.07 Å². The monoisotopic (exact) mass is 342 g/mol. The van der Waals surface area contributed by atoms with Gasteiger partial charge in [-0.2, -0.15) is 5.26 Å². The second-order valence-electron chi connectivity index (χ2n) is 4.64. The molecule has 0 bridgehead atoms. The highest BCUT2D eigenvalue weighted by Crippen LogP contribution is 2.26. The second-order valence-corrected chi connectivity index (χ2v) is 7.49. The first-order chi connectivity index (χ1) is 9.04. The van der Waals surface area contributed by atoms with Crippen molar-refractivity contribution in [3.63, 3.8) is 0 Å². The van der Waals surface area contributed by atoms with Crippen molar-refractivity contribution in [2.45, 2.75) is 41.4 Å². The molecule has 1 fully saturated rings. The Morgan fingerprint density at radius 3 is 2.63 bits per heavy atom. The molecule has 6 heteroatoms. The van der Waals surface area contributed by atoms with Gasteiger partial charge in [-0.05, 0) is 25.0 Å². The number of halogens is 1. The molecule has 1 saturated carbocycles. The molecule has 0 aliphatic heterocycles. The topological polar surface area (TPSA) is 70.0 Å². The molecule has 2 unspecified atom stereocenters. The molecule has 2 rings (SSSR count). The van der Waals surface area contributed by atoms with E-state index >= 15 is 0 Å². The highest BCUT2D eigenvalue weighted by molar-refractivity contribution is 9.09. The SMILES string of the molecule is N#Cc1ccccc1S(=O)(=O)NC1CCCCC1Br. The lowest BCUT2D eigenvalue weighted by Crippen LogP contribution is -2.42. The maximum Gasteiger partial charge on any atom is 0.242 e. The summed E-state index contributed by atoms with van der Waals surface area (Å²) in [6, 6.07) is 8.08. The van der Waals surface area contributed by atoms with Crippen LogP contribution in [0.15, 0.2) is 29.2 Å². The van der Waals surface area contributed by atoms with E-state index in [9.17, 15) is 8.42 Å². The van der Waals surface area contributed by atoms with Gasteiger partial charge in [0, 0.05) is 10.9 Å². The number of nitriles is 1. The molecule has 0 spiro atoms. The number of alkyl halides is 1. The minimum atomic E-state index is -3.64. The van der Waals surface area contributed by atoms with E-state index in [0.717, 1.165) is 25.7 Å². The molecule has 0 amide bonds. The van der Waals surface area contributed by atoms with Crippen LogP contribution < -0.4 is 4.72 Å². The highest BCUT2D eigenvalue weighted by atomic mass is 79.9. The van der Waals surface area contributed by atoms with Gasteiger partial charge in [0.25, 0.3) is 0 Å². The molecule has 1 aromatic rings. The number of benzene rings is 1. The number of nitrogens with zero attached hydrogens (tertiary/aromatic N) is 1. The summed E-state index contributed by atoms with van der Waals surface area (Å²) in [7, 11) is -3.64. The standard InChI is InChI=1S/C13H15BrN2O2S/c14-11-6-2-3-7-12(11)16-19(17,18)13-8-4-1-5-10(13)9-15/h1,4-5,8,11-12,16H,2-3,6-7H2. The Morgan fingerprint density at radius 1 is 1.26 bits per heavy atom. The molecule has 0 heterocycles. The Balaban J connectivity index is 2.25. The lowest BCUT2D eigenvalue weighted by Gasteiger charge is -2.28. The number of sulfonamides is 1. The average Bonchev–Trinajstić information content (AvgIpc) is 2.41. The average molecular weight is 343 g/mol. The van der Waals surface area contributed by atoms with E-state index in [2.05, 4.69) is 20.7 Å². The van der Waals surface area contributed by atoms with E-state index in [-0.39, 0.29) is 21.3 Å². The van der Waals surface area contributed by atoms with Gasteiger partial charge in [0.15, 0.2) is 0 Å². The molecule has 0 saturated heterocycles. The molecule has 4 nitrogen and oxygen atoms in total. The Labute approximate surface area is 122 Å². The summed E-state index contributed by atoms with van der Waals surface area (Å²) in [5.41, 5.74) is 0.178. The zero-order valence-corrected chi connectivity index (χ0v) is 12.7. The summed E-state index contributed by atoms with van der Waals surface area (Å²) in [6.07, 6.45) is 3.93. The van der Waals surface area contributed by atoms with Crippen molar-refractivity contribution in [2.24, 2.45) is 0 Å². The first-order valence-corrected chi connectivity index (χ1v) is 8.60. The number of rotatable bonds is 3. The van der Waals surface area contributed by atoms with Crippen LogP contribution in [0.1, 0.15) is 31.2 Å². The number of hydrogen-bond acceptors (Lipinski definition) is 3. The number of hydrogen-bond donors (Lipinski definition) is 1. The van der Waals surface area contributed by atoms with Crippen LogP contribution in [0.2, 0.25) is 0 Å². The predicted molar refractivity (Wildman–Crippen MR) is 76.4 cm³/mol. The van der Waals surface area contributed by atoms with Crippen LogP contribution >= 0.6 is 15.9 Å². The third-order valence-corrected chi connectivity index (χ3v) is 5.93.